The van der Waals surface area contributed by atoms with Gasteiger partial charge in [0, 0.05) is 25.3 Å². The number of benzene rings is 2. The van der Waals surface area contributed by atoms with Crippen LogP contribution in [0.5, 0.6) is 0 Å². The first-order valence-corrected chi connectivity index (χ1v) is 6.98. The molecule has 2 heteroatoms. The standard InChI is InChI=1S/C17H20N2/c1-3-7-16(8-4-1)11-12-18-13-14-19(15-18)17-9-5-2-6-10-17/h1-10H,11-15H2. The number of hydrogen-bond donors (Lipinski definition) is 0. The Kier molecular flexibility index (Phi) is 3.80. The summed E-state index contributed by atoms with van der Waals surface area (Å²) in [5.74, 6) is 0. The molecular formula is C17H20N2. The Morgan fingerprint density at radius 3 is 2.21 bits per heavy atom. The first-order chi connectivity index (χ1) is 9.42. The summed E-state index contributed by atoms with van der Waals surface area (Å²) in [5, 5.41) is 0. The van der Waals surface area contributed by atoms with Crippen molar-refractivity contribution in [2.45, 2.75) is 6.42 Å². The van der Waals surface area contributed by atoms with E-state index in [2.05, 4.69) is 70.5 Å². The average molecular weight is 252 g/mol. The zero-order valence-electron chi connectivity index (χ0n) is 11.2. The molecule has 19 heavy (non-hydrogen) atoms. The van der Waals surface area contributed by atoms with Gasteiger partial charge >= 0.3 is 0 Å². The van der Waals surface area contributed by atoms with Gasteiger partial charge in [0.1, 0.15) is 0 Å². The van der Waals surface area contributed by atoms with Gasteiger partial charge < -0.3 is 4.90 Å². The predicted octanol–water partition coefficient (Wildman–Crippen LogP) is 3.01. The van der Waals surface area contributed by atoms with Crippen LogP contribution >= 0.6 is 0 Å². The van der Waals surface area contributed by atoms with Crippen molar-refractivity contribution in [1.82, 2.24) is 4.90 Å². The number of rotatable bonds is 4. The second-order valence-electron chi connectivity index (χ2n) is 5.09. The fourth-order valence-electron chi connectivity index (χ4n) is 2.61. The molecule has 1 heterocycles. The molecule has 3 rings (SSSR count). The number of nitrogens with zero attached hydrogens (tertiary/aromatic N) is 2. The third-order valence-corrected chi connectivity index (χ3v) is 3.74. The van der Waals surface area contributed by atoms with Crippen LogP contribution in [-0.4, -0.2) is 31.2 Å². The molecule has 0 unspecified atom stereocenters. The van der Waals surface area contributed by atoms with Crippen LogP contribution in [0.2, 0.25) is 0 Å². The van der Waals surface area contributed by atoms with Crippen LogP contribution in [-0.2, 0) is 6.42 Å². The van der Waals surface area contributed by atoms with Crippen molar-refractivity contribution in [3.8, 4) is 0 Å². The van der Waals surface area contributed by atoms with E-state index >= 15 is 0 Å². The van der Waals surface area contributed by atoms with Gasteiger partial charge in [-0.15, -0.1) is 0 Å². The molecule has 2 nitrogen and oxygen atoms in total. The molecule has 0 spiro atoms. The highest BCUT2D eigenvalue weighted by Gasteiger charge is 2.19. The van der Waals surface area contributed by atoms with Gasteiger partial charge in [-0.05, 0) is 24.1 Å². The van der Waals surface area contributed by atoms with Gasteiger partial charge in [-0.2, -0.15) is 0 Å². The SMILES string of the molecule is c1ccc(CCN2CCN(c3ccccc3)C2)cc1. The maximum absolute atomic E-state index is 2.53. The van der Waals surface area contributed by atoms with Gasteiger partial charge in [0.2, 0.25) is 0 Å². The van der Waals surface area contributed by atoms with Crippen molar-refractivity contribution in [2.75, 3.05) is 31.2 Å². The summed E-state index contributed by atoms with van der Waals surface area (Å²) >= 11 is 0. The molecule has 98 valence electrons. The maximum atomic E-state index is 2.53. The molecule has 0 N–H and O–H groups in total. The fourth-order valence-corrected chi connectivity index (χ4v) is 2.61. The van der Waals surface area contributed by atoms with E-state index in [1.165, 1.54) is 17.8 Å². The second kappa shape index (κ2) is 5.89. The molecule has 1 aliphatic rings. The van der Waals surface area contributed by atoms with Crippen molar-refractivity contribution in [3.63, 3.8) is 0 Å². The Morgan fingerprint density at radius 2 is 1.47 bits per heavy atom. The largest absolute Gasteiger partial charge is 0.357 e. The maximum Gasteiger partial charge on any atom is 0.0708 e. The molecule has 1 fully saturated rings. The minimum Gasteiger partial charge on any atom is -0.357 e. The smallest absolute Gasteiger partial charge is 0.0708 e. The van der Waals surface area contributed by atoms with Crippen molar-refractivity contribution >= 4 is 5.69 Å². The fraction of sp³-hybridized carbons (Fsp3) is 0.294. The first-order valence-electron chi connectivity index (χ1n) is 6.98. The summed E-state index contributed by atoms with van der Waals surface area (Å²) in [5.41, 5.74) is 2.77. The lowest BCUT2D eigenvalue weighted by atomic mass is 10.1. The molecule has 0 bridgehead atoms. The third kappa shape index (κ3) is 3.15. The molecule has 1 aliphatic heterocycles. The summed E-state index contributed by atoms with van der Waals surface area (Å²) < 4.78 is 0. The number of para-hydroxylation sites is 1. The van der Waals surface area contributed by atoms with Gasteiger partial charge in [-0.25, -0.2) is 0 Å². The molecular weight excluding hydrogens is 232 g/mol. The lowest BCUT2D eigenvalue weighted by Crippen LogP contribution is -2.27. The molecule has 0 aromatic heterocycles. The van der Waals surface area contributed by atoms with Crippen molar-refractivity contribution in [3.05, 3.63) is 66.2 Å². The third-order valence-electron chi connectivity index (χ3n) is 3.74. The van der Waals surface area contributed by atoms with Gasteiger partial charge in [0.25, 0.3) is 0 Å². The Morgan fingerprint density at radius 1 is 0.789 bits per heavy atom. The van der Waals surface area contributed by atoms with Crippen LogP contribution in [0.4, 0.5) is 5.69 Å². The molecule has 0 saturated carbocycles. The van der Waals surface area contributed by atoms with Crippen LogP contribution < -0.4 is 4.90 Å². The summed E-state index contributed by atoms with van der Waals surface area (Å²) in [6.45, 7) is 4.50. The monoisotopic (exact) mass is 252 g/mol. The highest BCUT2D eigenvalue weighted by molar-refractivity contribution is 5.46. The minimum atomic E-state index is 1.05. The van der Waals surface area contributed by atoms with E-state index in [0.717, 1.165) is 26.2 Å². The molecule has 1 saturated heterocycles. The van der Waals surface area contributed by atoms with Crippen LogP contribution in [0.1, 0.15) is 5.56 Å². The average Bonchev–Trinajstić information content (AvgIpc) is 2.96. The van der Waals surface area contributed by atoms with E-state index in [9.17, 15) is 0 Å². The Bertz CT molecular complexity index is 495. The van der Waals surface area contributed by atoms with Gasteiger partial charge in [-0.1, -0.05) is 48.5 Å². The lowest BCUT2D eigenvalue weighted by Gasteiger charge is -2.19. The van der Waals surface area contributed by atoms with Gasteiger partial charge in [-0.3, -0.25) is 4.90 Å². The topological polar surface area (TPSA) is 6.48 Å². The van der Waals surface area contributed by atoms with Crippen LogP contribution in [0.15, 0.2) is 60.7 Å². The van der Waals surface area contributed by atoms with Crippen molar-refractivity contribution in [2.24, 2.45) is 0 Å². The van der Waals surface area contributed by atoms with Crippen LogP contribution in [0.25, 0.3) is 0 Å². The first kappa shape index (κ1) is 12.2. The second-order valence-corrected chi connectivity index (χ2v) is 5.09. The molecule has 0 radical (unpaired) electrons. The Balaban J connectivity index is 1.52. The summed E-state index contributed by atoms with van der Waals surface area (Å²) in [6, 6.07) is 21.4. The lowest BCUT2D eigenvalue weighted by molar-refractivity contribution is 0.346. The summed E-state index contributed by atoms with van der Waals surface area (Å²) in [7, 11) is 0. The van der Waals surface area contributed by atoms with E-state index in [1.54, 1.807) is 0 Å². The van der Waals surface area contributed by atoms with Crippen molar-refractivity contribution in [1.29, 1.82) is 0 Å². The Labute approximate surface area is 115 Å². The minimum absolute atomic E-state index is 1.05. The highest BCUT2D eigenvalue weighted by Crippen LogP contribution is 2.17. The normalized spacial score (nSPS) is 15.9. The van der Waals surface area contributed by atoms with E-state index < -0.39 is 0 Å². The van der Waals surface area contributed by atoms with E-state index in [1.807, 2.05) is 0 Å². The van der Waals surface area contributed by atoms with E-state index in [0.29, 0.717) is 0 Å². The van der Waals surface area contributed by atoms with E-state index in [-0.39, 0.29) is 0 Å². The highest BCUT2D eigenvalue weighted by atomic mass is 15.4. The molecule has 2 aromatic carbocycles. The van der Waals surface area contributed by atoms with E-state index in [4.69, 9.17) is 0 Å². The molecule has 0 amide bonds. The molecule has 2 aromatic rings. The summed E-state index contributed by atoms with van der Waals surface area (Å²) in [6.07, 6.45) is 1.14. The molecule has 0 atom stereocenters. The molecule has 0 aliphatic carbocycles. The van der Waals surface area contributed by atoms with Crippen molar-refractivity contribution < 1.29 is 0 Å². The van der Waals surface area contributed by atoms with Gasteiger partial charge in [0.15, 0.2) is 0 Å². The van der Waals surface area contributed by atoms with Crippen LogP contribution in [0.3, 0.4) is 0 Å². The number of anilines is 1. The Hall–Kier alpha value is -1.80. The zero-order chi connectivity index (χ0) is 12.9. The quantitative estimate of drug-likeness (QED) is 0.825. The predicted molar refractivity (Wildman–Crippen MR) is 80.4 cm³/mol. The summed E-state index contributed by atoms with van der Waals surface area (Å²) in [4.78, 5) is 4.98. The zero-order valence-corrected chi connectivity index (χ0v) is 11.2. The van der Waals surface area contributed by atoms with Crippen LogP contribution in [0, 0.1) is 0 Å². The van der Waals surface area contributed by atoms with Gasteiger partial charge in [0.05, 0.1) is 6.67 Å². The number of hydrogen-bond acceptors (Lipinski definition) is 2.